The monoisotopic (exact) mass is 417 g/mol. The minimum Gasteiger partial charge on any atom is -0.365 e. The molecule has 0 saturated carbocycles. The Labute approximate surface area is 181 Å². The number of hydrogen-bond acceptors (Lipinski definition) is 7. The molecule has 0 bridgehead atoms. The number of aryl methyl sites for hydroxylation is 3. The lowest BCUT2D eigenvalue weighted by molar-refractivity contribution is 0.526. The summed E-state index contributed by atoms with van der Waals surface area (Å²) >= 11 is 0. The predicted octanol–water partition coefficient (Wildman–Crippen LogP) is 3.36. The van der Waals surface area contributed by atoms with E-state index in [0.29, 0.717) is 6.04 Å². The molecule has 0 aromatic carbocycles. The number of imidazole rings is 2. The second kappa shape index (κ2) is 7.72. The Balaban J connectivity index is 1.49. The predicted molar refractivity (Wildman–Crippen MR) is 119 cm³/mol. The molecule has 1 aliphatic carbocycles. The maximum atomic E-state index is 4.91. The Morgan fingerprint density at radius 1 is 1.13 bits per heavy atom. The Bertz CT molecular complexity index is 1220. The van der Waals surface area contributed by atoms with Crippen LogP contribution in [0, 0.1) is 6.92 Å². The van der Waals surface area contributed by atoms with Crippen LogP contribution >= 0.6 is 0 Å². The molecule has 9 heteroatoms. The fraction of sp³-hybridized carbons (Fsp3) is 0.455. The summed E-state index contributed by atoms with van der Waals surface area (Å²) in [6, 6.07) is 0.679. The van der Waals surface area contributed by atoms with Crippen LogP contribution in [0.15, 0.2) is 25.0 Å². The van der Waals surface area contributed by atoms with Gasteiger partial charge in [-0.05, 0) is 40.5 Å². The van der Waals surface area contributed by atoms with Crippen LogP contribution in [0.3, 0.4) is 0 Å². The molecule has 0 amide bonds. The summed E-state index contributed by atoms with van der Waals surface area (Å²) in [5.41, 5.74) is 5.01. The van der Waals surface area contributed by atoms with Crippen LogP contribution in [0.5, 0.6) is 0 Å². The molecule has 0 saturated heterocycles. The van der Waals surface area contributed by atoms with Gasteiger partial charge >= 0.3 is 0 Å². The molecule has 4 aromatic heterocycles. The number of rotatable bonds is 5. The van der Waals surface area contributed by atoms with Crippen molar-refractivity contribution in [3.63, 3.8) is 0 Å². The third-order valence-electron chi connectivity index (χ3n) is 5.94. The topological polar surface area (TPSA) is 99.2 Å². The fourth-order valence-corrected chi connectivity index (χ4v) is 4.34. The van der Waals surface area contributed by atoms with Crippen molar-refractivity contribution in [1.82, 2.24) is 39.0 Å². The van der Waals surface area contributed by atoms with E-state index in [1.54, 1.807) is 6.33 Å². The number of aromatic nitrogens is 8. The summed E-state index contributed by atoms with van der Waals surface area (Å²) in [5.74, 6) is 2.32. The van der Waals surface area contributed by atoms with Crippen molar-refractivity contribution in [1.29, 1.82) is 0 Å². The quantitative estimate of drug-likeness (QED) is 0.531. The molecule has 1 aliphatic rings. The van der Waals surface area contributed by atoms with Crippen molar-refractivity contribution in [3.8, 4) is 11.4 Å². The van der Waals surface area contributed by atoms with E-state index in [1.165, 1.54) is 11.4 Å². The van der Waals surface area contributed by atoms with Gasteiger partial charge in [0, 0.05) is 43.1 Å². The van der Waals surface area contributed by atoms with Crippen LogP contribution in [-0.2, 0) is 19.4 Å². The maximum absolute atomic E-state index is 4.91. The lowest BCUT2D eigenvalue weighted by Crippen LogP contribution is -2.29. The Morgan fingerprint density at radius 2 is 1.94 bits per heavy atom. The van der Waals surface area contributed by atoms with E-state index >= 15 is 0 Å². The van der Waals surface area contributed by atoms with Crippen LogP contribution in [0.4, 0.5) is 5.82 Å². The molecule has 1 atom stereocenters. The van der Waals surface area contributed by atoms with Gasteiger partial charge in [-0.25, -0.2) is 29.9 Å². The first kappa shape index (κ1) is 19.6. The Hall–Kier alpha value is -3.36. The highest BCUT2D eigenvalue weighted by Crippen LogP contribution is 2.29. The van der Waals surface area contributed by atoms with Gasteiger partial charge in [-0.15, -0.1) is 0 Å². The van der Waals surface area contributed by atoms with Crippen molar-refractivity contribution in [2.75, 3.05) is 5.32 Å². The summed E-state index contributed by atoms with van der Waals surface area (Å²) < 4.78 is 4.36. The largest absolute Gasteiger partial charge is 0.365 e. The van der Waals surface area contributed by atoms with Gasteiger partial charge in [-0.3, -0.25) is 0 Å². The van der Waals surface area contributed by atoms with E-state index in [2.05, 4.69) is 60.1 Å². The van der Waals surface area contributed by atoms with Crippen LogP contribution < -0.4 is 5.32 Å². The lowest BCUT2D eigenvalue weighted by atomic mass is 9.95. The lowest BCUT2D eigenvalue weighted by Gasteiger charge is -2.25. The van der Waals surface area contributed by atoms with Gasteiger partial charge in [0.1, 0.15) is 18.0 Å². The van der Waals surface area contributed by atoms with Crippen LogP contribution in [0.2, 0.25) is 0 Å². The summed E-state index contributed by atoms with van der Waals surface area (Å²) in [6.07, 6.45) is 10.1. The molecule has 31 heavy (non-hydrogen) atoms. The molecular weight excluding hydrogens is 390 g/mol. The van der Waals surface area contributed by atoms with Gasteiger partial charge in [-0.1, -0.05) is 0 Å². The van der Waals surface area contributed by atoms with Crippen LogP contribution in [0.25, 0.3) is 22.6 Å². The zero-order valence-corrected chi connectivity index (χ0v) is 18.4. The van der Waals surface area contributed by atoms with Crippen molar-refractivity contribution < 1.29 is 0 Å². The molecular formula is C22H27N9. The highest BCUT2D eigenvalue weighted by atomic mass is 15.2. The van der Waals surface area contributed by atoms with E-state index in [-0.39, 0.29) is 6.04 Å². The normalized spacial score (nSPS) is 16.1. The van der Waals surface area contributed by atoms with Gasteiger partial charge < -0.3 is 14.5 Å². The number of fused-ring (bicyclic) bond motifs is 2. The summed E-state index contributed by atoms with van der Waals surface area (Å²) in [6.45, 7) is 9.10. The van der Waals surface area contributed by atoms with Crippen molar-refractivity contribution in [2.24, 2.45) is 0 Å². The molecule has 160 valence electrons. The standard InChI is InChI=1S/C22H27N9/c1-5-30-21(15-9-23-14(4)24-10-15)29-19-20(25-11-26-22(19)30)28-16-6-7-17-18(8-16)31(12-27-17)13(2)3/h9-13,16H,5-8H2,1-4H3,(H,25,26,28)/t16-/m1/s1. The van der Waals surface area contributed by atoms with E-state index in [4.69, 9.17) is 4.98 Å². The molecule has 4 aromatic rings. The van der Waals surface area contributed by atoms with Crippen molar-refractivity contribution >= 4 is 17.0 Å². The second-order valence-corrected chi connectivity index (χ2v) is 8.32. The van der Waals surface area contributed by atoms with Gasteiger partial charge in [0.15, 0.2) is 17.0 Å². The molecule has 0 unspecified atom stereocenters. The molecule has 0 fully saturated rings. The van der Waals surface area contributed by atoms with E-state index in [9.17, 15) is 0 Å². The van der Waals surface area contributed by atoms with E-state index in [0.717, 1.165) is 60.0 Å². The number of hydrogen-bond donors (Lipinski definition) is 1. The third kappa shape index (κ3) is 3.43. The first-order valence-corrected chi connectivity index (χ1v) is 10.9. The zero-order chi connectivity index (χ0) is 21.5. The summed E-state index contributed by atoms with van der Waals surface area (Å²) in [5, 5.41) is 3.65. The SMILES string of the molecule is CCn1c(-c2cnc(C)nc2)nc2c(N[C@@H]3CCc4ncn(C(C)C)c4C3)ncnc21. The second-order valence-electron chi connectivity index (χ2n) is 8.32. The van der Waals surface area contributed by atoms with E-state index in [1.807, 2.05) is 25.6 Å². The number of anilines is 1. The van der Waals surface area contributed by atoms with Crippen LogP contribution in [0.1, 0.15) is 50.4 Å². The molecule has 0 spiro atoms. The summed E-state index contributed by atoms with van der Waals surface area (Å²) in [4.78, 5) is 27.3. The molecule has 9 nitrogen and oxygen atoms in total. The van der Waals surface area contributed by atoms with Gasteiger partial charge in [0.2, 0.25) is 0 Å². The number of nitrogens with one attached hydrogen (secondary N) is 1. The minimum absolute atomic E-state index is 0.276. The molecule has 5 rings (SSSR count). The van der Waals surface area contributed by atoms with Gasteiger partial charge in [0.25, 0.3) is 0 Å². The van der Waals surface area contributed by atoms with Gasteiger partial charge in [-0.2, -0.15) is 0 Å². The molecule has 1 N–H and O–H groups in total. The average molecular weight is 418 g/mol. The molecule has 4 heterocycles. The van der Waals surface area contributed by atoms with Gasteiger partial charge in [0.05, 0.1) is 17.6 Å². The average Bonchev–Trinajstić information content (AvgIpc) is 3.36. The smallest absolute Gasteiger partial charge is 0.165 e. The first-order valence-electron chi connectivity index (χ1n) is 10.9. The fourth-order valence-electron chi connectivity index (χ4n) is 4.34. The van der Waals surface area contributed by atoms with Crippen LogP contribution in [-0.4, -0.2) is 45.1 Å². The summed E-state index contributed by atoms with van der Waals surface area (Å²) in [7, 11) is 0. The van der Waals surface area contributed by atoms with Crippen molar-refractivity contribution in [3.05, 3.63) is 42.3 Å². The molecule has 0 radical (unpaired) electrons. The minimum atomic E-state index is 0.276. The van der Waals surface area contributed by atoms with E-state index < -0.39 is 0 Å². The highest BCUT2D eigenvalue weighted by Gasteiger charge is 2.25. The Morgan fingerprint density at radius 3 is 2.68 bits per heavy atom. The van der Waals surface area contributed by atoms with Crippen molar-refractivity contribution in [2.45, 2.75) is 65.6 Å². The maximum Gasteiger partial charge on any atom is 0.165 e. The highest BCUT2D eigenvalue weighted by molar-refractivity contribution is 5.86. The first-order chi connectivity index (χ1) is 15.0. The number of nitrogens with zero attached hydrogens (tertiary/aromatic N) is 8. The zero-order valence-electron chi connectivity index (χ0n) is 18.4. The third-order valence-corrected chi connectivity index (χ3v) is 5.94. The molecule has 0 aliphatic heterocycles. The Kier molecular flexibility index (Phi) is 4.88.